The lowest BCUT2D eigenvalue weighted by molar-refractivity contribution is 0.177. The molecular formula is C6H14ClFN2O2S. The van der Waals surface area contributed by atoms with Gasteiger partial charge in [-0.2, -0.15) is 4.31 Å². The zero-order valence-corrected chi connectivity index (χ0v) is 8.94. The molecule has 0 radical (unpaired) electrons. The van der Waals surface area contributed by atoms with E-state index >= 15 is 0 Å². The molecule has 1 heterocycles. The standard InChI is InChI=1S/C6H13FN2O2S.ClH/c1-12(10,11)9-3-2-6(8)5(7)4-9;/h5-6H,2-4,8H2,1H3;1H/t5-,6+;/m1./s1. The lowest BCUT2D eigenvalue weighted by atomic mass is 10.1. The van der Waals surface area contributed by atoms with Gasteiger partial charge in [-0.1, -0.05) is 0 Å². The molecule has 4 nitrogen and oxygen atoms in total. The van der Waals surface area contributed by atoms with Gasteiger partial charge in [0.1, 0.15) is 6.17 Å². The van der Waals surface area contributed by atoms with E-state index < -0.39 is 22.2 Å². The molecule has 0 aromatic carbocycles. The normalized spacial score (nSPS) is 31.0. The smallest absolute Gasteiger partial charge is 0.211 e. The number of rotatable bonds is 1. The molecule has 1 fully saturated rings. The molecule has 0 bridgehead atoms. The first kappa shape index (κ1) is 13.1. The summed E-state index contributed by atoms with van der Waals surface area (Å²) in [6.45, 7) is 0.237. The van der Waals surface area contributed by atoms with Crippen molar-refractivity contribution in [2.45, 2.75) is 18.6 Å². The molecule has 0 aliphatic carbocycles. The van der Waals surface area contributed by atoms with E-state index in [1.807, 2.05) is 0 Å². The number of alkyl halides is 1. The van der Waals surface area contributed by atoms with Crippen LogP contribution in [-0.2, 0) is 10.0 Å². The zero-order valence-electron chi connectivity index (χ0n) is 7.31. The van der Waals surface area contributed by atoms with Crippen LogP contribution in [0.4, 0.5) is 4.39 Å². The molecule has 1 rings (SSSR count). The van der Waals surface area contributed by atoms with Crippen LogP contribution in [0.5, 0.6) is 0 Å². The Morgan fingerprint density at radius 2 is 2.08 bits per heavy atom. The zero-order chi connectivity index (χ0) is 9.35. The van der Waals surface area contributed by atoms with E-state index in [0.29, 0.717) is 13.0 Å². The monoisotopic (exact) mass is 232 g/mol. The Labute approximate surface area is 83.7 Å². The lowest BCUT2D eigenvalue weighted by Gasteiger charge is -2.30. The third kappa shape index (κ3) is 3.38. The van der Waals surface area contributed by atoms with Crippen LogP contribution < -0.4 is 5.73 Å². The Kier molecular flexibility index (Phi) is 4.58. The minimum absolute atomic E-state index is 0. The molecule has 1 aliphatic rings. The van der Waals surface area contributed by atoms with Crippen molar-refractivity contribution in [2.24, 2.45) is 5.73 Å². The first-order valence-electron chi connectivity index (χ1n) is 3.76. The highest BCUT2D eigenvalue weighted by Gasteiger charge is 2.30. The maximum atomic E-state index is 12.9. The van der Waals surface area contributed by atoms with E-state index in [1.165, 1.54) is 0 Å². The van der Waals surface area contributed by atoms with Gasteiger partial charge in [-0.05, 0) is 6.42 Å². The highest BCUT2D eigenvalue weighted by atomic mass is 35.5. The Hall–Kier alpha value is 0.0900. The number of piperidine rings is 1. The van der Waals surface area contributed by atoms with Crippen LogP contribution in [0.25, 0.3) is 0 Å². The van der Waals surface area contributed by atoms with Gasteiger partial charge >= 0.3 is 0 Å². The van der Waals surface area contributed by atoms with Gasteiger partial charge in [-0.25, -0.2) is 12.8 Å². The Morgan fingerprint density at radius 3 is 2.46 bits per heavy atom. The molecule has 0 aromatic rings. The van der Waals surface area contributed by atoms with E-state index in [9.17, 15) is 12.8 Å². The first-order valence-corrected chi connectivity index (χ1v) is 5.61. The van der Waals surface area contributed by atoms with Crippen molar-refractivity contribution >= 4 is 22.4 Å². The summed E-state index contributed by atoms with van der Waals surface area (Å²) < 4.78 is 36.0. The summed E-state index contributed by atoms with van der Waals surface area (Å²) in [4.78, 5) is 0. The van der Waals surface area contributed by atoms with Crippen LogP contribution in [0, 0.1) is 0 Å². The van der Waals surface area contributed by atoms with Gasteiger partial charge in [0.25, 0.3) is 0 Å². The summed E-state index contributed by atoms with van der Waals surface area (Å²) in [5.74, 6) is 0. The fourth-order valence-electron chi connectivity index (χ4n) is 1.20. The van der Waals surface area contributed by atoms with Gasteiger partial charge in [0.2, 0.25) is 10.0 Å². The summed E-state index contributed by atoms with van der Waals surface area (Å²) in [6.07, 6.45) is 0.249. The highest BCUT2D eigenvalue weighted by Crippen LogP contribution is 2.14. The van der Waals surface area contributed by atoms with Crippen molar-refractivity contribution in [3.63, 3.8) is 0 Å². The number of sulfonamides is 1. The van der Waals surface area contributed by atoms with Crippen molar-refractivity contribution in [2.75, 3.05) is 19.3 Å². The molecule has 1 aliphatic heterocycles. The number of halogens is 2. The predicted molar refractivity (Wildman–Crippen MR) is 51.2 cm³/mol. The maximum Gasteiger partial charge on any atom is 0.211 e. The summed E-state index contributed by atoms with van der Waals surface area (Å²) in [6, 6.07) is -0.511. The average Bonchev–Trinajstić information content (AvgIpc) is 1.92. The second-order valence-corrected chi connectivity index (χ2v) is 5.07. The molecule has 13 heavy (non-hydrogen) atoms. The molecule has 2 atom stereocenters. The molecule has 0 aromatic heterocycles. The van der Waals surface area contributed by atoms with Crippen molar-refractivity contribution in [1.29, 1.82) is 0 Å². The van der Waals surface area contributed by atoms with Crippen molar-refractivity contribution < 1.29 is 12.8 Å². The molecule has 80 valence electrons. The highest BCUT2D eigenvalue weighted by molar-refractivity contribution is 7.88. The summed E-state index contributed by atoms with van der Waals surface area (Å²) in [5, 5.41) is 0. The topological polar surface area (TPSA) is 63.4 Å². The van der Waals surface area contributed by atoms with Crippen molar-refractivity contribution in [3.05, 3.63) is 0 Å². The lowest BCUT2D eigenvalue weighted by Crippen LogP contribution is -2.50. The Bertz CT molecular complexity index is 259. The summed E-state index contributed by atoms with van der Waals surface area (Å²) in [7, 11) is -3.24. The van der Waals surface area contributed by atoms with E-state index in [-0.39, 0.29) is 19.0 Å². The molecule has 0 unspecified atom stereocenters. The van der Waals surface area contributed by atoms with Gasteiger partial charge in [0.15, 0.2) is 0 Å². The largest absolute Gasteiger partial charge is 0.325 e. The third-order valence-corrected chi connectivity index (χ3v) is 3.29. The fourth-order valence-corrected chi connectivity index (χ4v) is 2.05. The van der Waals surface area contributed by atoms with Gasteiger partial charge in [0, 0.05) is 19.1 Å². The van der Waals surface area contributed by atoms with Crippen LogP contribution in [-0.4, -0.2) is 44.3 Å². The van der Waals surface area contributed by atoms with Crippen LogP contribution in [0.15, 0.2) is 0 Å². The van der Waals surface area contributed by atoms with Crippen LogP contribution >= 0.6 is 12.4 Å². The Morgan fingerprint density at radius 1 is 1.54 bits per heavy atom. The van der Waals surface area contributed by atoms with E-state index in [0.717, 1.165) is 10.6 Å². The van der Waals surface area contributed by atoms with E-state index in [2.05, 4.69) is 0 Å². The molecule has 0 saturated carbocycles. The average molecular weight is 233 g/mol. The van der Waals surface area contributed by atoms with Gasteiger partial charge < -0.3 is 5.73 Å². The second-order valence-electron chi connectivity index (χ2n) is 3.09. The molecule has 0 spiro atoms. The molecular weight excluding hydrogens is 219 g/mol. The number of nitrogens with two attached hydrogens (primary N) is 1. The SMILES string of the molecule is CS(=O)(=O)N1CC[C@H](N)[C@H](F)C1.Cl. The van der Waals surface area contributed by atoms with Gasteiger partial charge in [0.05, 0.1) is 6.26 Å². The molecule has 2 N–H and O–H groups in total. The minimum atomic E-state index is -3.24. The van der Waals surface area contributed by atoms with Crippen LogP contribution in [0.1, 0.15) is 6.42 Å². The summed E-state index contributed by atoms with van der Waals surface area (Å²) >= 11 is 0. The molecule has 7 heteroatoms. The summed E-state index contributed by atoms with van der Waals surface area (Å²) in [5.41, 5.74) is 5.39. The van der Waals surface area contributed by atoms with Gasteiger partial charge in [-0.3, -0.25) is 0 Å². The predicted octanol–water partition coefficient (Wildman–Crippen LogP) is -0.261. The number of nitrogens with zero attached hydrogens (tertiary/aromatic N) is 1. The first-order chi connectivity index (χ1) is 5.41. The third-order valence-electron chi connectivity index (χ3n) is 2.02. The van der Waals surface area contributed by atoms with Gasteiger partial charge in [-0.15, -0.1) is 12.4 Å². The quantitative estimate of drug-likeness (QED) is 0.678. The fraction of sp³-hybridized carbons (Fsp3) is 1.00. The Balaban J connectivity index is 0.00000144. The number of hydrogen-bond acceptors (Lipinski definition) is 3. The second kappa shape index (κ2) is 4.54. The molecule has 0 amide bonds. The van der Waals surface area contributed by atoms with E-state index in [4.69, 9.17) is 5.73 Å². The van der Waals surface area contributed by atoms with Crippen molar-refractivity contribution in [3.8, 4) is 0 Å². The van der Waals surface area contributed by atoms with E-state index in [1.54, 1.807) is 0 Å². The minimum Gasteiger partial charge on any atom is -0.325 e. The molecule has 1 saturated heterocycles. The maximum absolute atomic E-state index is 12.9. The van der Waals surface area contributed by atoms with Crippen LogP contribution in [0.2, 0.25) is 0 Å². The van der Waals surface area contributed by atoms with Crippen LogP contribution in [0.3, 0.4) is 0 Å². The number of hydrogen-bond donors (Lipinski definition) is 1. The van der Waals surface area contributed by atoms with Crippen molar-refractivity contribution in [1.82, 2.24) is 4.31 Å².